The van der Waals surface area contributed by atoms with E-state index in [1.165, 1.54) is 12.8 Å². The summed E-state index contributed by atoms with van der Waals surface area (Å²) in [5.74, 6) is 1.80. The van der Waals surface area contributed by atoms with Crippen molar-refractivity contribution in [2.24, 2.45) is 5.92 Å². The number of ether oxygens (including phenoxy) is 1. The van der Waals surface area contributed by atoms with E-state index in [9.17, 15) is 0 Å². The molecule has 2 aliphatic rings. The molecule has 0 radical (unpaired) electrons. The van der Waals surface area contributed by atoms with Crippen molar-refractivity contribution in [1.82, 2.24) is 15.1 Å². The predicted octanol–water partition coefficient (Wildman–Crippen LogP) is 1.42. The Bertz CT molecular complexity index is 340. The second-order valence-electron chi connectivity index (χ2n) is 4.91. The lowest BCUT2D eigenvalue weighted by Crippen LogP contribution is -2.34. The molecule has 4 heteroatoms. The second kappa shape index (κ2) is 4.45. The third kappa shape index (κ3) is 2.55. The fraction of sp³-hybridized carbons (Fsp3) is 0.750. The lowest BCUT2D eigenvalue weighted by molar-refractivity contribution is 0.162. The van der Waals surface area contributed by atoms with Crippen molar-refractivity contribution in [1.29, 1.82) is 0 Å². The Hall–Kier alpha value is -1.03. The first-order valence-corrected chi connectivity index (χ1v) is 6.30. The van der Waals surface area contributed by atoms with Gasteiger partial charge in [0.25, 0.3) is 0 Å². The van der Waals surface area contributed by atoms with E-state index in [0.717, 1.165) is 44.1 Å². The van der Waals surface area contributed by atoms with Crippen LogP contribution >= 0.6 is 0 Å². The number of rotatable bonds is 4. The smallest absolute Gasteiger partial charge is 0.157 e. The first kappa shape index (κ1) is 10.1. The molecule has 2 fully saturated rings. The Kier molecular flexibility index (Phi) is 2.82. The SMILES string of the molecule is c1nn(CC2CC2)cc1OC1CCNCC1. The summed E-state index contributed by atoms with van der Waals surface area (Å²) in [6, 6.07) is 0. The number of nitrogens with one attached hydrogen (secondary N) is 1. The fourth-order valence-electron chi connectivity index (χ4n) is 2.18. The first-order valence-electron chi connectivity index (χ1n) is 6.30. The Balaban J connectivity index is 1.54. The molecule has 0 aromatic carbocycles. The highest BCUT2D eigenvalue weighted by molar-refractivity contribution is 5.12. The minimum absolute atomic E-state index is 0.375. The minimum atomic E-state index is 0.375. The van der Waals surface area contributed by atoms with Crippen molar-refractivity contribution in [3.63, 3.8) is 0 Å². The molecule has 0 bridgehead atoms. The van der Waals surface area contributed by atoms with E-state index in [0.29, 0.717) is 6.10 Å². The molecule has 1 aliphatic carbocycles. The molecular formula is C12H19N3O. The van der Waals surface area contributed by atoms with Crippen LogP contribution in [0.5, 0.6) is 5.75 Å². The number of hydrogen-bond donors (Lipinski definition) is 1. The third-order valence-corrected chi connectivity index (χ3v) is 3.34. The van der Waals surface area contributed by atoms with Crippen molar-refractivity contribution in [2.45, 2.75) is 38.3 Å². The molecule has 1 aliphatic heterocycles. The molecule has 2 heterocycles. The van der Waals surface area contributed by atoms with Gasteiger partial charge in [0.1, 0.15) is 6.10 Å². The van der Waals surface area contributed by atoms with Crippen molar-refractivity contribution < 1.29 is 4.74 Å². The lowest BCUT2D eigenvalue weighted by Gasteiger charge is -2.22. The predicted molar refractivity (Wildman–Crippen MR) is 61.5 cm³/mol. The summed E-state index contributed by atoms with van der Waals surface area (Å²) in [6.45, 7) is 3.21. The van der Waals surface area contributed by atoms with Gasteiger partial charge in [0.2, 0.25) is 0 Å². The highest BCUT2D eigenvalue weighted by Gasteiger charge is 2.22. The summed E-state index contributed by atoms with van der Waals surface area (Å²) in [6.07, 6.45) is 9.21. The van der Waals surface area contributed by atoms with Gasteiger partial charge in [0.05, 0.1) is 12.4 Å². The van der Waals surface area contributed by atoms with Gasteiger partial charge in [-0.15, -0.1) is 0 Å². The molecule has 88 valence electrons. The van der Waals surface area contributed by atoms with Crippen molar-refractivity contribution in [3.8, 4) is 5.75 Å². The molecule has 3 rings (SSSR count). The average Bonchev–Trinajstić information content (AvgIpc) is 3.01. The standard InChI is InChI=1S/C12H19N3O/c1-2-10(1)8-15-9-12(7-14-15)16-11-3-5-13-6-4-11/h7,9-11,13H,1-6,8H2. The van der Waals surface area contributed by atoms with Crippen LogP contribution in [-0.2, 0) is 6.54 Å². The second-order valence-corrected chi connectivity index (χ2v) is 4.91. The first-order chi connectivity index (χ1) is 7.90. The van der Waals surface area contributed by atoms with Crippen LogP contribution in [0, 0.1) is 5.92 Å². The summed E-state index contributed by atoms with van der Waals surface area (Å²) < 4.78 is 7.94. The third-order valence-electron chi connectivity index (χ3n) is 3.34. The van der Waals surface area contributed by atoms with Gasteiger partial charge in [-0.1, -0.05) is 0 Å². The molecular weight excluding hydrogens is 202 g/mol. The Morgan fingerprint density at radius 1 is 1.31 bits per heavy atom. The summed E-state index contributed by atoms with van der Waals surface area (Å²) in [7, 11) is 0. The molecule has 0 unspecified atom stereocenters. The van der Waals surface area contributed by atoms with E-state index < -0.39 is 0 Å². The highest BCUT2D eigenvalue weighted by atomic mass is 16.5. The topological polar surface area (TPSA) is 39.1 Å². The van der Waals surface area contributed by atoms with Crippen LogP contribution in [0.3, 0.4) is 0 Å². The maximum atomic E-state index is 5.91. The van der Waals surface area contributed by atoms with E-state index in [-0.39, 0.29) is 0 Å². The highest BCUT2D eigenvalue weighted by Crippen LogP contribution is 2.30. The molecule has 0 atom stereocenters. The zero-order valence-corrected chi connectivity index (χ0v) is 9.56. The molecule has 16 heavy (non-hydrogen) atoms. The van der Waals surface area contributed by atoms with Crippen LogP contribution in [0.2, 0.25) is 0 Å². The maximum absolute atomic E-state index is 5.91. The zero-order valence-electron chi connectivity index (χ0n) is 9.56. The van der Waals surface area contributed by atoms with E-state index >= 15 is 0 Å². The molecule has 0 spiro atoms. The quantitative estimate of drug-likeness (QED) is 0.836. The van der Waals surface area contributed by atoms with Crippen LogP contribution in [0.25, 0.3) is 0 Å². The van der Waals surface area contributed by atoms with Gasteiger partial charge in [-0.3, -0.25) is 4.68 Å². The van der Waals surface area contributed by atoms with Gasteiger partial charge in [-0.2, -0.15) is 5.10 Å². The number of aromatic nitrogens is 2. The van der Waals surface area contributed by atoms with Gasteiger partial charge in [-0.25, -0.2) is 0 Å². The number of hydrogen-bond acceptors (Lipinski definition) is 3. The van der Waals surface area contributed by atoms with Gasteiger partial charge in [0.15, 0.2) is 5.75 Å². The van der Waals surface area contributed by atoms with Crippen LogP contribution in [0.4, 0.5) is 0 Å². The maximum Gasteiger partial charge on any atom is 0.157 e. The summed E-state index contributed by atoms with van der Waals surface area (Å²) in [4.78, 5) is 0. The van der Waals surface area contributed by atoms with Crippen LogP contribution in [0.15, 0.2) is 12.4 Å². The van der Waals surface area contributed by atoms with Crippen LogP contribution in [-0.4, -0.2) is 29.0 Å². The molecule has 1 aromatic rings. The normalized spacial score (nSPS) is 22.2. The monoisotopic (exact) mass is 221 g/mol. The van der Waals surface area contributed by atoms with Gasteiger partial charge >= 0.3 is 0 Å². The minimum Gasteiger partial charge on any atom is -0.487 e. The number of nitrogens with zero attached hydrogens (tertiary/aromatic N) is 2. The number of piperidine rings is 1. The van der Waals surface area contributed by atoms with Gasteiger partial charge in [0, 0.05) is 6.54 Å². The Morgan fingerprint density at radius 3 is 2.88 bits per heavy atom. The Morgan fingerprint density at radius 2 is 2.12 bits per heavy atom. The lowest BCUT2D eigenvalue weighted by atomic mass is 10.1. The molecule has 1 saturated carbocycles. The van der Waals surface area contributed by atoms with Crippen LogP contribution in [0.1, 0.15) is 25.7 Å². The molecule has 4 nitrogen and oxygen atoms in total. The van der Waals surface area contributed by atoms with Gasteiger partial charge < -0.3 is 10.1 Å². The van der Waals surface area contributed by atoms with E-state index in [1.54, 1.807) is 0 Å². The van der Waals surface area contributed by atoms with Gasteiger partial charge in [-0.05, 0) is 44.7 Å². The van der Waals surface area contributed by atoms with Crippen molar-refractivity contribution >= 4 is 0 Å². The summed E-state index contributed by atoms with van der Waals surface area (Å²) in [5.41, 5.74) is 0. The zero-order chi connectivity index (χ0) is 10.8. The van der Waals surface area contributed by atoms with Crippen molar-refractivity contribution in [2.75, 3.05) is 13.1 Å². The summed E-state index contributed by atoms with van der Waals surface area (Å²) in [5, 5.41) is 7.68. The molecule has 0 amide bonds. The largest absolute Gasteiger partial charge is 0.487 e. The van der Waals surface area contributed by atoms with E-state index in [4.69, 9.17) is 4.74 Å². The van der Waals surface area contributed by atoms with E-state index in [1.807, 2.05) is 17.1 Å². The summed E-state index contributed by atoms with van der Waals surface area (Å²) >= 11 is 0. The molecule has 1 saturated heterocycles. The average molecular weight is 221 g/mol. The molecule has 1 aromatic heterocycles. The fourth-order valence-corrected chi connectivity index (χ4v) is 2.18. The van der Waals surface area contributed by atoms with Crippen molar-refractivity contribution in [3.05, 3.63) is 12.4 Å². The molecule has 1 N–H and O–H groups in total. The van der Waals surface area contributed by atoms with Crippen LogP contribution < -0.4 is 10.1 Å². The Labute approximate surface area is 96.0 Å². The van der Waals surface area contributed by atoms with E-state index in [2.05, 4.69) is 10.4 Å².